The quantitative estimate of drug-likeness (QED) is 0.737. The Kier molecular flexibility index (Phi) is 4.08. The normalized spacial score (nSPS) is 14.8. The van der Waals surface area contributed by atoms with Crippen LogP contribution in [0.5, 0.6) is 0 Å². The summed E-state index contributed by atoms with van der Waals surface area (Å²) in [6.07, 6.45) is 2.54. The molecule has 1 aliphatic rings. The van der Waals surface area contributed by atoms with Gasteiger partial charge in [0.15, 0.2) is 0 Å². The van der Waals surface area contributed by atoms with E-state index < -0.39 is 0 Å². The van der Waals surface area contributed by atoms with Crippen LogP contribution < -0.4 is 4.90 Å². The van der Waals surface area contributed by atoms with Crippen molar-refractivity contribution in [1.82, 2.24) is 9.97 Å². The maximum absolute atomic E-state index is 4.76. The molecule has 2 aromatic rings. The third-order valence-electron chi connectivity index (χ3n) is 3.40. The molecule has 0 unspecified atom stereocenters. The summed E-state index contributed by atoms with van der Waals surface area (Å²) in [6.45, 7) is 5.21. The maximum Gasteiger partial charge on any atom is 0.134 e. The molecule has 1 saturated carbocycles. The van der Waals surface area contributed by atoms with Gasteiger partial charge in [0.2, 0.25) is 0 Å². The maximum atomic E-state index is 4.76. The molecule has 0 spiro atoms. The van der Waals surface area contributed by atoms with E-state index in [1.165, 1.54) is 17.7 Å². The topological polar surface area (TPSA) is 29.0 Å². The summed E-state index contributed by atoms with van der Waals surface area (Å²) in [5, 5.41) is 2.13. The van der Waals surface area contributed by atoms with E-state index in [1.54, 1.807) is 0 Å². The van der Waals surface area contributed by atoms with Gasteiger partial charge in [-0.05, 0) is 40.2 Å². The van der Waals surface area contributed by atoms with Crippen LogP contribution in [0, 0.1) is 0 Å². The highest BCUT2D eigenvalue weighted by molar-refractivity contribution is 9.10. The van der Waals surface area contributed by atoms with Crippen LogP contribution in [0.4, 0.5) is 5.82 Å². The highest BCUT2D eigenvalue weighted by atomic mass is 79.9. The average Bonchev–Trinajstić information content (AvgIpc) is 3.12. The lowest BCUT2D eigenvalue weighted by atomic mass is 10.2. The SMILES string of the molecule is CC(C)c1nc(Br)cc(N(Cc2cccs2)C2CC2)n1. The van der Waals surface area contributed by atoms with Gasteiger partial charge in [0.1, 0.15) is 16.2 Å². The van der Waals surface area contributed by atoms with Gasteiger partial charge in [-0.25, -0.2) is 9.97 Å². The van der Waals surface area contributed by atoms with Crippen LogP contribution in [0.2, 0.25) is 0 Å². The van der Waals surface area contributed by atoms with Crippen molar-refractivity contribution >= 4 is 33.1 Å². The standard InChI is InChI=1S/C15H18BrN3S/c1-10(2)15-17-13(16)8-14(18-15)19(11-5-6-11)9-12-4-3-7-20-12/h3-4,7-8,10-11H,5-6,9H2,1-2H3. The van der Waals surface area contributed by atoms with E-state index in [-0.39, 0.29) is 0 Å². The third kappa shape index (κ3) is 3.20. The molecule has 0 N–H and O–H groups in total. The number of rotatable bonds is 5. The van der Waals surface area contributed by atoms with E-state index in [9.17, 15) is 0 Å². The van der Waals surface area contributed by atoms with Crippen LogP contribution in [0.15, 0.2) is 28.2 Å². The molecule has 0 aromatic carbocycles. The molecular weight excluding hydrogens is 334 g/mol. The summed E-state index contributed by atoms with van der Waals surface area (Å²) < 4.78 is 0.878. The van der Waals surface area contributed by atoms with Crippen LogP contribution in [-0.2, 0) is 6.54 Å². The molecule has 3 nitrogen and oxygen atoms in total. The van der Waals surface area contributed by atoms with Crippen molar-refractivity contribution in [2.75, 3.05) is 4.90 Å². The van der Waals surface area contributed by atoms with Crippen molar-refractivity contribution in [2.24, 2.45) is 0 Å². The minimum Gasteiger partial charge on any atom is -0.348 e. The number of halogens is 1. The highest BCUT2D eigenvalue weighted by Crippen LogP contribution is 2.34. The van der Waals surface area contributed by atoms with Gasteiger partial charge in [-0.2, -0.15) is 0 Å². The van der Waals surface area contributed by atoms with E-state index in [2.05, 4.69) is 57.2 Å². The molecule has 0 amide bonds. The molecule has 20 heavy (non-hydrogen) atoms. The Morgan fingerprint density at radius 3 is 2.80 bits per heavy atom. The van der Waals surface area contributed by atoms with Gasteiger partial charge in [-0.15, -0.1) is 11.3 Å². The lowest BCUT2D eigenvalue weighted by molar-refractivity contribution is 0.734. The zero-order chi connectivity index (χ0) is 14.1. The molecule has 3 rings (SSSR count). The van der Waals surface area contributed by atoms with Gasteiger partial charge >= 0.3 is 0 Å². The Labute approximate surface area is 132 Å². The molecule has 1 fully saturated rings. The number of hydrogen-bond acceptors (Lipinski definition) is 4. The first kappa shape index (κ1) is 14.0. The largest absolute Gasteiger partial charge is 0.348 e. The fourth-order valence-corrected chi connectivity index (χ4v) is 3.27. The van der Waals surface area contributed by atoms with Crippen molar-refractivity contribution in [3.8, 4) is 0 Å². The van der Waals surface area contributed by atoms with Crippen LogP contribution in [0.1, 0.15) is 43.3 Å². The van der Waals surface area contributed by atoms with E-state index in [1.807, 2.05) is 17.4 Å². The van der Waals surface area contributed by atoms with Gasteiger partial charge in [0.25, 0.3) is 0 Å². The van der Waals surface area contributed by atoms with Gasteiger partial charge in [0, 0.05) is 22.9 Å². The average molecular weight is 352 g/mol. The van der Waals surface area contributed by atoms with Crippen LogP contribution in [0.3, 0.4) is 0 Å². The van der Waals surface area contributed by atoms with Crippen molar-refractivity contribution in [3.05, 3.63) is 38.9 Å². The van der Waals surface area contributed by atoms with Crippen LogP contribution >= 0.6 is 27.3 Å². The molecule has 1 aliphatic carbocycles. The molecule has 106 valence electrons. The first-order chi connectivity index (χ1) is 9.63. The van der Waals surface area contributed by atoms with Crippen LogP contribution in [0.25, 0.3) is 0 Å². The van der Waals surface area contributed by atoms with Gasteiger partial charge in [-0.1, -0.05) is 19.9 Å². The number of hydrogen-bond donors (Lipinski definition) is 0. The monoisotopic (exact) mass is 351 g/mol. The predicted octanol–water partition coefficient (Wildman–Crippen LogP) is 4.59. The minimum atomic E-state index is 0.342. The fourth-order valence-electron chi connectivity index (χ4n) is 2.18. The molecule has 0 bridgehead atoms. The second kappa shape index (κ2) is 5.82. The van der Waals surface area contributed by atoms with Crippen LogP contribution in [-0.4, -0.2) is 16.0 Å². The van der Waals surface area contributed by atoms with Gasteiger partial charge in [0.05, 0.1) is 6.54 Å². The van der Waals surface area contributed by atoms with Crippen molar-refractivity contribution in [3.63, 3.8) is 0 Å². The lowest BCUT2D eigenvalue weighted by Crippen LogP contribution is -2.26. The summed E-state index contributed by atoms with van der Waals surface area (Å²) in [4.78, 5) is 13.0. The van der Waals surface area contributed by atoms with E-state index >= 15 is 0 Å². The summed E-state index contributed by atoms with van der Waals surface area (Å²) in [6, 6.07) is 6.98. The van der Waals surface area contributed by atoms with E-state index in [0.717, 1.165) is 22.8 Å². The molecule has 0 saturated heterocycles. The number of anilines is 1. The van der Waals surface area contributed by atoms with Crippen molar-refractivity contribution < 1.29 is 0 Å². The zero-order valence-corrected chi connectivity index (χ0v) is 14.1. The molecule has 2 aromatic heterocycles. The number of thiophene rings is 1. The van der Waals surface area contributed by atoms with Crippen molar-refractivity contribution in [2.45, 2.75) is 45.2 Å². The van der Waals surface area contributed by atoms with Crippen molar-refractivity contribution in [1.29, 1.82) is 0 Å². The first-order valence-corrected chi connectivity index (χ1v) is 8.64. The Morgan fingerprint density at radius 1 is 1.40 bits per heavy atom. The summed E-state index contributed by atoms with van der Waals surface area (Å²) in [5.41, 5.74) is 0. The minimum absolute atomic E-state index is 0.342. The fraction of sp³-hybridized carbons (Fsp3) is 0.467. The predicted molar refractivity (Wildman–Crippen MR) is 87.3 cm³/mol. The number of aromatic nitrogens is 2. The Bertz CT molecular complexity index is 579. The molecule has 5 heteroatoms. The summed E-state index contributed by atoms with van der Waals surface area (Å²) >= 11 is 5.33. The highest BCUT2D eigenvalue weighted by Gasteiger charge is 2.30. The molecule has 2 heterocycles. The van der Waals surface area contributed by atoms with E-state index in [4.69, 9.17) is 4.98 Å². The second-order valence-corrected chi connectivity index (χ2v) is 7.34. The zero-order valence-electron chi connectivity index (χ0n) is 11.7. The Hall–Kier alpha value is -0.940. The van der Waals surface area contributed by atoms with E-state index in [0.29, 0.717) is 12.0 Å². The molecule has 0 atom stereocenters. The Morgan fingerprint density at radius 2 is 2.20 bits per heavy atom. The van der Waals surface area contributed by atoms with Gasteiger partial charge < -0.3 is 4.90 Å². The molecular formula is C15H18BrN3S. The van der Waals surface area contributed by atoms with Gasteiger partial charge in [-0.3, -0.25) is 0 Å². The second-order valence-electron chi connectivity index (χ2n) is 5.50. The lowest BCUT2D eigenvalue weighted by Gasteiger charge is -2.24. The number of nitrogens with zero attached hydrogens (tertiary/aromatic N) is 3. The first-order valence-electron chi connectivity index (χ1n) is 6.97. The molecule has 0 radical (unpaired) electrons. The molecule has 0 aliphatic heterocycles. The summed E-state index contributed by atoms with van der Waals surface area (Å²) in [7, 11) is 0. The Balaban J connectivity index is 1.91. The third-order valence-corrected chi connectivity index (χ3v) is 4.67. The summed E-state index contributed by atoms with van der Waals surface area (Å²) in [5.74, 6) is 2.30. The smallest absolute Gasteiger partial charge is 0.134 e.